The van der Waals surface area contributed by atoms with Gasteiger partial charge in [0.2, 0.25) is 11.9 Å². The van der Waals surface area contributed by atoms with Crippen molar-refractivity contribution in [2.45, 2.75) is 122 Å². The molecule has 2 fully saturated rings. The zero-order valence-corrected chi connectivity index (χ0v) is 25.1. The summed E-state index contributed by atoms with van der Waals surface area (Å²) >= 11 is 0. The fourth-order valence-corrected chi connectivity index (χ4v) is 7.51. The molecule has 0 spiro atoms. The van der Waals surface area contributed by atoms with Crippen LogP contribution in [0.4, 0.5) is 11.9 Å². The van der Waals surface area contributed by atoms with E-state index >= 15 is 0 Å². The third-order valence-corrected chi connectivity index (χ3v) is 8.70. The Balaban J connectivity index is 1.57. The van der Waals surface area contributed by atoms with Gasteiger partial charge in [0.15, 0.2) is 0 Å². The molecule has 7 heteroatoms. The van der Waals surface area contributed by atoms with Crippen LogP contribution >= 0.6 is 0 Å². The van der Waals surface area contributed by atoms with Crippen molar-refractivity contribution >= 4 is 22.7 Å². The van der Waals surface area contributed by atoms with Crippen LogP contribution in [0.1, 0.15) is 93.1 Å². The number of ether oxygens (including phenoxy) is 1. The molecule has 0 bridgehead atoms. The van der Waals surface area contributed by atoms with Crippen molar-refractivity contribution in [3.05, 3.63) is 48.0 Å². The zero-order chi connectivity index (χ0) is 28.2. The monoisotopic (exact) mass is 530 g/mol. The van der Waals surface area contributed by atoms with Crippen LogP contribution in [0.25, 0.3) is 10.8 Å². The predicted octanol–water partition coefficient (Wildman–Crippen LogP) is 6.64. The molecule has 3 aromatic rings. The highest BCUT2D eigenvalue weighted by Crippen LogP contribution is 2.44. The highest BCUT2D eigenvalue weighted by Gasteiger charge is 2.47. The maximum atomic E-state index is 6.51. The molecule has 2 aliphatic heterocycles. The molecule has 39 heavy (non-hydrogen) atoms. The van der Waals surface area contributed by atoms with Gasteiger partial charge in [-0.05, 0) is 110 Å². The number of anilines is 2. The van der Waals surface area contributed by atoms with E-state index in [1.807, 2.05) is 0 Å². The number of hydrogen-bond acceptors (Lipinski definition) is 7. The van der Waals surface area contributed by atoms with Crippen molar-refractivity contribution in [3.63, 3.8) is 0 Å². The zero-order valence-electron chi connectivity index (χ0n) is 25.1. The first kappa shape index (κ1) is 27.6. The minimum atomic E-state index is -0.220. The van der Waals surface area contributed by atoms with Crippen LogP contribution in [0.15, 0.2) is 42.5 Å². The maximum Gasteiger partial charge on any atom is 0.323 e. The summed E-state index contributed by atoms with van der Waals surface area (Å²) < 4.78 is 6.36. The van der Waals surface area contributed by atoms with E-state index < -0.39 is 0 Å². The van der Waals surface area contributed by atoms with Gasteiger partial charge in [0.1, 0.15) is 6.61 Å². The van der Waals surface area contributed by atoms with Crippen LogP contribution in [0.3, 0.4) is 0 Å². The lowest BCUT2D eigenvalue weighted by atomic mass is 9.77. The van der Waals surface area contributed by atoms with Crippen molar-refractivity contribution in [1.82, 2.24) is 15.0 Å². The predicted molar refractivity (Wildman–Crippen MR) is 160 cm³/mol. The Hall–Kier alpha value is -2.93. The first-order valence-electron chi connectivity index (χ1n) is 14.4. The topological polar surface area (TPSA) is 80.4 Å². The second-order valence-corrected chi connectivity index (χ2v) is 14.1. The number of aromatic nitrogens is 3. The highest BCUT2D eigenvalue weighted by atomic mass is 16.5. The minimum absolute atomic E-state index is 0.0920. The molecule has 0 saturated carbocycles. The summed E-state index contributed by atoms with van der Waals surface area (Å²) in [6, 6.07) is 15.3. The summed E-state index contributed by atoms with van der Waals surface area (Å²) in [4.78, 5) is 19.9. The van der Waals surface area contributed by atoms with E-state index in [1.165, 1.54) is 17.2 Å². The molecule has 0 radical (unpaired) electrons. The molecule has 1 aromatic heterocycles. The Labute approximate surface area is 234 Å². The number of benzene rings is 2. The standard InChI is InChI=1S/C32H46N6O/c1-29(2)16-11-17-30(3,4)37(29)26-34-27(38-31(5,6)19-25(33)20-32(38,7)8)36-28(35-26)39-21-22-14-15-23-12-9-10-13-24(23)18-22/h9-10,12-15,18,25H,11,16-17,19-21,33H2,1-8H3. The average molecular weight is 531 g/mol. The fraction of sp³-hybridized carbons (Fsp3) is 0.594. The van der Waals surface area contributed by atoms with Crippen molar-refractivity contribution < 1.29 is 4.74 Å². The number of rotatable bonds is 5. The van der Waals surface area contributed by atoms with Gasteiger partial charge >= 0.3 is 6.01 Å². The Morgan fingerprint density at radius 1 is 0.744 bits per heavy atom. The molecule has 2 saturated heterocycles. The lowest BCUT2D eigenvalue weighted by Gasteiger charge is -2.55. The number of fused-ring (bicyclic) bond motifs is 1. The summed E-state index contributed by atoms with van der Waals surface area (Å²) in [5, 5.41) is 2.41. The first-order valence-corrected chi connectivity index (χ1v) is 14.4. The average Bonchev–Trinajstić information content (AvgIpc) is 2.79. The first-order chi connectivity index (χ1) is 18.2. The Morgan fingerprint density at radius 2 is 1.28 bits per heavy atom. The lowest BCUT2D eigenvalue weighted by Crippen LogP contribution is -2.64. The second kappa shape index (κ2) is 9.61. The molecular formula is C32H46N6O. The van der Waals surface area contributed by atoms with E-state index in [0.29, 0.717) is 24.5 Å². The van der Waals surface area contributed by atoms with Gasteiger partial charge in [-0.1, -0.05) is 36.4 Å². The number of nitrogens with two attached hydrogens (primary N) is 1. The van der Waals surface area contributed by atoms with Crippen LogP contribution in [0.5, 0.6) is 6.01 Å². The molecule has 2 aromatic carbocycles. The summed E-state index contributed by atoms with van der Waals surface area (Å²) in [5.74, 6) is 1.34. The summed E-state index contributed by atoms with van der Waals surface area (Å²) in [7, 11) is 0. The lowest BCUT2D eigenvalue weighted by molar-refractivity contribution is 0.212. The quantitative estimate of drug-likeness (QED) is 0.396. The van der Waals surface area contributed by atoms with Crippen molar-refractivity contribution in [2.24, 2.45) is 5.73 Å². The summed E-state index contributed by atoms with van der Waals surface area (Å²) in [6.07, 6.45) is 5.08. The smallest absolute Gasteiger partial charge is 0.323 e. The van der Waals surface area contributed by atoms with Crippen LogP contribution in [-0.2, 0) is 6.61 Å². The molecule has 2 aliphatic rings. The second-order valence-electron chi connectivity index (χ2n) is 14.1. The van der Waals surface area contributed by atoms with Gasteiger partial charge in [-0.15, -0.1) is 0 Å². The van der Waals surface area contributed by atoms with Crippen LogP contribution < -0.4 is 20.3 Å². The van der Waals surface area contributed by atoms with E-state index in [0.717, 1.165) is 31.2 Å². The van der Waals surface area contributed by atoms with Gasteiger partial charge in [0.05, 0.1) is 0 Å². The molecule has 5 rings (SSSR count). The largest absolute Gasteiger partial charge is 0.458 e. The van der Waals surface area contributed by atoms with Crippen molar-refractivity contribution in [2.75, 3.05) is 9.80 Å². The van der Waals surface area contributed by atoms with E-state index in [4.69, 9.17) is 25.4 Å². The molecule has 7 nitrogen and oxygen atoms in total. The van der Waals surface area contributed by atoms with E-state index in [9.17, 15) is 0 Å². The molecule has 2 N–H and O–H groups in total. The third-order valence-electron chi connectivity index (χ3n) is 8.70. The van der Waals surface area contributed by atoms with Crippen LogP contribution in [0.2, 0.25) is 0 Å². The SMILES string of the molecule is CC1(C)CCCC(C)(C)N1c1nc(OCc2ccc3ccccc3c2)nc(N2C(C)(C)CC(N)CC2(C)C)n1. The van der Waals surface area contributed by atoms with Crippen molar-refractivity contribution in [1.29, 1.82) is 0 Å². The van der Waals surface area contributed by atoms with Gasteiger partial charge in [0.25, 0.3) is 0 Å². The molecule has 0 amide bonds. The van der Waals surface area contributed by atoms with Crippen LogP contribution in [-0.4, -0.2) is 43.1 Å². The number of nitrogens with zero attached hydrogens (tertiary/aromatic N) is 5. The molecule has 210 valence electrons. The summed E-state index contributed by atoms with van der Waals surface area (Å²) in [5.41, 5.74) is 6.97. The molecule has 3 heterocycles. The third kappa shape index (κ3) is 5.43. The van der Waals surface area contributed by atoms with E-state index in [2.05, 4.69) is 108 Å². The molecule has 0 aliphatic carbocycles. The molecular weight excluding hydrogens is 484 g/mol. The normalized spacial score (nSPS) is 22.2. The molecule has 0 unspecified atom stereocenters. The van der Waals surface area contributed by atoms with Crippen LogP contribution in [0, 0.1) is 0 Å². The number of hydrogen-bond donors (Lipinski definition) is 1. The van der Waals surface area contributed by atoms with Gasteiger partial charge in [-0.25, -0.2) is 0 Å². The van der Waals surface area contributed by atoms with E-state index in [1.54, 1.807) is 0 Å². The van der Waals surface area contributed by atoms with Gasteiger partial charge < -0.3 is 20.3 Å². The Morgan fingerprint density at radius 3 is 1.87 bits per heavy atom. The van der Waals surface area contributed by atoms with Gasteiger partial charge in [-0.2, -0.15) is 15.0 Å². The molecule has 0 atom stereocenters. The maximum absolute atomic E-state index is 6.51. The Bertz CT molecular complexity index is 1310. The van der Waals surface area contributed by atoms with Gasteiger partial charge in [0, 0.05) is 28.2 Å². The van der Waals surface area contributed by atoms with E-state index in [-0.39, 0.29) is 28.2 Å². The van der Waals surface area contributed by atoms with Crippen molar-refractivity contribution in [3.8, 4) is 6.01 Å². The number of piperidine rings is 2. The summed E-state index contributed by atoms with van der Waals surface area (Å²) in [6.45, 7) is 18.5. The highest BCUT2D eigenvalue weighted by molar-refractivity contribution is 5.82. The van der Waals surface area contributed by atoms with Gasteiger partial charge in [-0.3, -0.25) is 0 Å². The Kier molecular flexibility index (Phi) is 6.81. The minimum Gasteiger partial charge on any atom is -0.458 e. The fourth-order valence-electron chi connectivity index (χ4n) is 7.51.